The van der Waals surface area contributed by atoms with Gasteiger partial charge in [-0.05, 0) is 89.6 Å². The third-order valence-electron chi connectivity index (χ3n) is 6.58. The summed E-state index contributed by atoms with van der Waals surface area (Å²) >= 11 is 10.8. The quantitative estimate of drug-likeness (QED) is 0.284. The van der Waals surface area contributed by atoms with Gasteiger partial charge in [0.05, 0.1) is 35.4 Å². The number of imide groups is 1. The molecular weight excluding hydrogens is 590 g/mol. The van der Waals surface area contributed by atoms with Crippen molar-refractivity contribution in [1.29, 1.82) is 0 Å². The topological polar surface area (TPSA) is 64.0 Å². The molecule has 38 heavy (non-hydrogen) atoms. The number of aromatic nitrogens is 1. The van der Waals surface area contributed by atoms with E-state index in [-0.39, 0.29) is 24.3 Å². The second kappa shape index (κ2) is 11.6. The van der Waals surface area contributed by atoms with Crippen molar-refractivity contribution in [3.8, 4) is 11.4 Å². The number of carbonyl (C=O) groups is 2. The average molecular weight is 617 g/mol. The van der Waals surface area contributed by atoms with Gasteiger partial charge in [0.15, 0.2) is 0 Å². The number of thioether (sulfide) groups is 1. The monoisotopic (exact) mass is 615 g/mol. The minimum Gasteiger partial charge on any atom is -0.490 e. The van der Waals surface area contributed by atoms with Crippen LogP contribution in [-0.2, 0) is 9.53 Å². The van der Waals surface area contributed by atoms with Crippen molar-refractivity contribution in [2.24, 2.45) is 0 Å². The summed E-state index contributed by atoms with van der Waals surface area (Å²) in [4.78, 5) is 29.6. The molecule has 0 N–H and O–H groups in total. The molecule has 1 aromatic heterocycles. The van der Waals surface area contributed by atoms with E-state index in [9.17, 15) is 9.59 Å². The van der Waals surface area contributed by atoms with Crippen LogP contribution < -0.4 is 9.64 Å². The number of ether oxygens (including phenoxy) is 2. The molecule has 0 radical (unpaired) electrons. The zero-order valence-corrected chi connectivity index (χ0v) is 24.2. The molecule has 0 spiro atoms. The molecule has 5 rings (SSSR count). The third kappa shape index (κ3) is 5.52. The first kappa shape index (κ1) is 26.9. The molecule has 0 unspecified atom stereocenters. The molecule has 0 atom stereocenters. The Bertz CT molecular complexity index is 1420. The van der Waals surface area contributed by atoms with Crippen LogP contribution in [0.3, 0.4) is 0 Å². The van der Waals surface area contributed by atoms with Crippen molar-refractivity contribution in [2.45, 2.75) is 13.8 Å². The summed E-state index contributed by atoms with van der Waals surface area (Å²) in [6.45, 7) is 7.56. The van der Waals surface area contributed by atoms with Gasteiger partial charge in [-0.2, -0.15) is 0 Å². The van der Waals surface area contributed by atoms with E-state index in [1.165, 1.54) is 4.90 Å². The van der Waals surface area contributed by atoms with Crippen LogP contribution in [0.5, 0.6) is 5.75 Å². The van der Waals surface area contributed by atoms with Crippen molar-refractivity contribution in [3.63, 3.8) is 0 Å². The Morgan fingerprint density at radius 1 is 1.11 bits per heavy atom. The second-order valence-electron chi connectivity index (χ2n) is 9.01. The first-order chi connectivity index (χ1) is 18.3. The Labute approximate surface area is 239 Å². The van der Waals surface area contributed by atoms with Crippen LogP contribution >= 0.6 is 39.3 Å². The van der Waals surface area contributed by atoms with Crippen LogP contribution in [-0.4, -0.2) is 60.1 Å². The number of hydrogen-bond acceptors (Lipinski definition) is 6. The number of hydrogen-bond donors (Lipinski definition) is 0. The zero-order valence-electron chi connectivity index (χ0n) is 21.1. The van der Waals surface area contributed by atoms with E-state index in [0.717, 1.165) is 70.9 Å². The summed E-state index contributed by atoms with van der Waals surface area (Å²) in [5, 5.41) is 0.181. The fourth-order valence-corrected chi connectivity index (χ4v) is 6.33. The van der Waals surface area contributed by atoms with Gasteiger partial charge >= 0.3 is 0 Å². The molecule has 2 amide bonds. The Balaban J connectivity index is 1.32. The SMILES string of the molecule is Cc1cc(/C=C2\SC(=O)N(CCOc3ccccc3Cl)C2=O)c(C)n1-c1ccc(N2CCOCC2)c(Br)c1. The number of halogens is 2. The van der Waals surface area contributed by atoms with E-state index < -0.39 is 0 Å². The normalized spacial score (nSPS) is 17.1. The number of anilines is 1. The van der Waals surface area contributed by atoms with Gasteiger partial charge < -0.3 is 18.9 Å². The second-order valence-corrected chi connectivity index (χ2v) is 11.3. The summed E-state index contributed by atoms with van der Waals surface area (Å²) in [5.74, 6) is 0.207. The molecule has 7 nitrogen and oxygen atoms in total. The van der Waals surface area contributed by atoms with Gasteiger partial charge in [0, 0.05) is 34.6 Å². The van der Waals surface area contributed by atoms with Gasteiger partial charge in [-0.1, -0.05) is 23.7 Å². The van der Waals surface area contributed by atoms with Crippen LogP contribution in [0.1, 0.15) is 17.0 Å². The summed E-state index contributed by atoms with van der Waals surface area (Å²) in [6.07, 6.45) is 1.80. The van der Waals surface area contributed by atoms with Crippen molar-refractivity contribution in [3.05, 3.63) is 79.9 Å². The highest BCUT2D eigenvalue weighted by Gasteiger charge is 2.35. The molecule has 0 bridgehead atoms. The van der Waals surface area contributed by atoms with E-state index in [1.807, 2.05) is 32.0 Å². The first-order valence-corrected chi connectivity index (χ1v) is 14.3. The Morgan fingerprint density at radius 3 is 2.61 bits per heavy atom. The summed E-state index contributed by atoms with van der Waals surface area (Å²) in [7, 11) is 0. The number of rotatable bonds is 7. The minimum atomic E-state index is -0.315. The lowest BCUT2D eigenvalue weighted by molar-refractivity contribution is -0.123. The van der Waals surface area contributed by atoms with Gasteiger partial charge in [0.25, 0.3) is 11.1 Å². The largest absolute Gasteiger partial charge is 0.490 e. The molecule has 0 saturated carbocycles. The van der Waals surface area contributed by atoms with Crippen molar-refractivity contribution in [2.75, 3.05) is 44.4 Å². The van der Waals surface area contributed by atoms with Gasteiger partial charge in [-0.15, -0.1) is 0 Å². The Kier molecular flexibility index (Phi) is 8.18. The molecule has 3 heterocycles. The lowest BCUT2D eigenvalue weighted by Crippen LogP contribution is -2.36. The van der Waals surface area contributed by atoms with E-state index in [4.69, 9.17) is 21.1 Å². The smallest absolute Gasteiger partial charge is 0.293 e. The van der Waals surface area contributed by atoms with Crippen LogP contribution in [0.15, 0.2) is 57.9 Å². The van der Waals surface area contributed by atoms with Crippen molar-refractivity contribution in [1.82, 2.24) is 9.47 Å². The number of nitrogens with zero attached hydrogens (tertiary/aromatic N) is 3. The van der Waals surface area contributed by atoms with Crippen molar-refractivity contribution >= 4 is 62.2 Å². The summed E-state index contributed by atoms with van der Waals surface area (Å²) in [6, 6.07) is 15.5. The maximum absolute atomic E-state index is 13.0. The summed E-state index contributed by atoms with van der Waals surface area (Å²) in [5.41, 5.74) is 5.09. The maximum atomic E-state index is 13.0. The Hall–Kier alpha value is -2.72. The van der Waals surface area contributed by atoms with Gasteiger partial charge in [-0.25, -0.2) is 0 Å². The van der Waals surface area contributed by atoms with Crippen LogP contribution in [0, 0.1) is 13.8 Å². The predicted octanol–water partition coefficient (Wildman–Crippen LogP) is 6.46. The van der Waals surface area contributed by atoms with E-state index in [0.29, 0.717) is 15.7 Å². The standard InChI is InChI=1S/C28H27BrClN3O4S/c1-18-15-20(19(2)33(18)21-7-8-24(22(29)17-21)31-9-12-36-13-10-31)16-26-27(34)32(28(35)38-26)11-14-37-25-6-4-3-5-23(25)30/h3-8,15-17H,9-14H2,1-2H3/b26-16-. The molecule has 2 aromatic carbocycles. The van der Waals surface area contributed by atoms with Crippen LogP contribution in [0.2, 0.25) is 5.02 Å². The number of para-hydroxylation sites is 1. The molecule has 10 heteroatoms. The number of amides is 2. The highest BCUT2D eigenvalue weighted by Crippen LogP contribution is 2.35. The molecule has 3 aromatic rings. The van der Waals surface area contributed by atoms with Gasteiger partial charge in [0.2, 0.25) is 0 Å². The molecule has 198 valence electrons. The van der Waals surface area contributed by atoms with Crippen molar-refractivity contribution < 1.29 is 19.1 Å². The fourth-order valence-electron chi connectivity index (χ4n) is 4.67. The first-order valence-electron chi connectivity index (χ1n) is 12.3. The Morgan fingerprint density at radius 2 is 1.87 bits per heavy atom. The molecule has 0 aliphatic carbocycles. The average Bonchev–Trinajstić information content (AvgIpc) is 3.34. The summed E-state index contributed by atoms with van der Waals surface area (Å²) < 4.78 is 14.3. The number of aryl methyl sites for hydroxylation is 1. The zero-order chi connectivity index (χ0) is 26.8. The molecule has 2 aliphatic heterocycles. The number of benzene rings is 2. The van der Waals surface area contributed by atoms with E-state index in [2.05, 4.69) is 43.6 Å². The molecule has 2 aliphatic rings. The van der Waals surface area contributed by atoms with Crippen LogP contribution in [0.25, 0.3) is 11.8 Å². The highest BCUT2D eigenvalue weighted by molar-refractivity contribution is 9.10. The number of carbonyl (C=O) groups excluding carboxylic acids is 2. The predicted molar refractivity (Wildman–Crippen MR) is 156 cm³/mol. The van der Waals surface area contributed by atoms with Crippen LogP contribution in [0.4, 0.5) is 10.5 Å². The highest BCUT2D eigenvalue weighted by atomic mass is 79.9. The molecule has 2 fully saturated rings. The lowest BCUT2D eigenvalue weighted by Gasteiger charge is -2.30. The third-order valence-corrected chi connectivity index (χ3v) is 8.44. The lowest BCUT2D eigenvalue weighted by atomic mass is 10.2. The van der Waals surface area contributed by atoms with E-state index >= 15 is 0 Å². The fraction of sp³-hybridized carbons (Fsp3) is 0.286. The maximum Gasteiger partial charge on any atom is 0.293 e. The van der Waals surface area contributed by atoms with E-state index in [1.54, 1.807) is 18.2 Å². The van der Waals surface area contributed by atoms with Gasteiger partial charge in [-0.3, -0.25) is 14.5 Å². The van der Waals surface area contributed by atoms with Gasteiger partial charge in [0.1, 0.15) is 12.4 Å². The molecule has 2 saturated heterocycles. The number of morpholine rings is 1. The minimum absolute atomic E-state index is 0.149. The molecular formula is C28H27BrClN3O4S.